The third-order valence-corrected chi connectivity index (χ3v) is 8.80. The minimum atomic E-state index is -1.34. The molecule has 10 heteroatoms. The predicted octanol–water partition coefficient (Wildman–Crippen LogP) is 3.09. The van der Waals surface area contributed by atoms with Gasteiger partial charge in [0.1, 0.15) is 5.76 Å². The number of rotatable bonds is 6. The maximum Gasteiger partial charge on any atom is 0.353 e. The van der Waals surface area contributed by atoms with Gasteiger partial charge in [-0.2, -0.15) is 0 Å². The molecular weight excluding hydrogens is 530 g/mol. The summed E-state index contributed by atoms with van der Waals surface area (Å²) in [6.07, 6.45) is -0.521. The van der Waals surface area contributed by atoms with Crippen molar-refractivity contribution in [2.45, 2.75) is 75.9 Å². The quantitative estimate of drug-likeness (QED) is 0.398. The first-order valence-corrected chi connectivity index (χ1v) is 13.4. The predicted molar refractivity (Wildman–Crippen MR) is 146 cm³/mol. The molecule has 1 saturated heterocycles. The average molecular weight is 566 g/mol. The van der Waals surface area contributed by atoms with Crippen molar-refractivity contribution < 1.29 is 43.5 Å². The number of carbonyl (C=O) groups is 3. The molecule has 1 spiro atoms. The van der Waals surface area contributed by atoms with Crippen molar-refractivity contribution in [1.29, 1.82) is 0 Å². The number of aliphatic hydroxyl groups is 1. The van der Waals surface area contributed by atoms with Gasteiger partial charge >= 0.3 is 17.9 Å². The molecule has 0 amide bonds. The standard InChI is InChI=1S/C30H31NO9.CH4/c1-16(37-28(35)24(38-17(2)32)18-7-5-4-6-8-18)27(34)39-21-11-12-30(36)22-15-19-9-10-20(33)25-23(19)29(30,26(21)40-25)13-14-31(22)3;/h4-11,16,22,24,26,33,36H,12-15H2,1-3H3;1H4/t16-,22+,24-,26-,29-,30+;/m0./s1. The first-order chi connectivity index (χ1) is 19.1. The van der Waals surface area contributed by atoms with Crippen LogP contribution in [0.25, 0.3) is 0 Å². The van der Waals surface area contributed by atoms with E-state index in [0.29, 0.717) is 30.7 Å². The highest BCUT2D eigenvalue weighted by atomic mass is 16.6. The number of likely N-dealkylation sites (tertiary alicyclic amines) is 1. The van der Waals surface area contributed by atoms with E-state index in [1.807, 2.05) is 13.1 Å². The lowest BCUT2D eigenvalue weighted by atomic mass is 9.50. The minimum Gasteiger partial charge on any atom is -0.504 e. The number of ether oxygens (including phenoxy) is 4. The zero-order valence-corrected chi connectivity index (χ0v) is 22.5. The number of nitrogens with zero attached hydrogens (tertiary/aromatic N) is 1. The summed E-state index contributed by atoms with van der Waals surface area (Å²) in [5.41, 5.74) is 0.0569. The molecule has 2 heterocycles. The minimum absolute atomic E-state index is 0. The van der Waals surface area contributed by atoms with E-state index in [0.717, 1.165) is 11.1 Å². The van der Waals surface area contributed by atoms with E-state index in [2.05, 4.69) is 4.90 Å². The van der Waals surface area contributed by atoms with Crippen LogP contribution in [0.15, 0.2) is 54.3 Å². The number of piperidine rings is 1. The highest BCUT2D eigenvalue weighted by Gasteiger charge is 2.72. The van der Waals surface area contributed by atoms with Gasteiger partial charge in [0, 0.05) is 30.5 Å². The van der Waals surface area contributed by atoms with E-state index < -0.39 is 47.2 Å². The number of esters is 3. The molecule has 2 bridgehead atoms. The Bertz CT molecular complexity index is 1420. The van der Waals surface area contributed by atoms with Gasteiger partial charge in [0.05, 0.1) is 11.0 Å². The highest BCUT2D eigenvalue weighted by molar-refractivity contribution is 5.84. The number of benzene rings is 2. The molecule has 0 unspecified atom stereocenters. The molecule has 6 atom stereocenters. The zero-order chi connectivity index (χ0) is 28.4. The lowest BCUT2D eigenvalue weighted by Crippen LogP contribution is -2.74. The second kappa shape index (κ2) is 10.2. The van der Waals surface area contributed by atoms with Crippen LogP contribution in [0.2, 0.25) is 0 Å². The monoisotopic (exact) mass is 565 g/mol. The maximum absolute atomic E-state index is 13.2. The molecule has 0 saturated carbocycles. The molecular formula is C31H35NO9. The summed E-state index contributed by atoms with van der Waals surface area (Å²) in [6.45, 7) is 3.24. The third kappa shape index (κ3) is 4.19. The first-order valence-electron chi connectivity index (χ1n) is 13.4. The molecule has 0 radical (unpaired) electrons. The summed E-state index contributed by atoms with van der Waals surface area (Å²) in [4.78, 5) is 39.9. The van der Waals surface area contributed by atoms with Crippen LogP contribution in [0.5, 0.6) is 11.5 Å². The van der Waals surface area contributed by atoms with Crippen molar-refractivity contribution >= 4 is 17.9 Å². The molecule has 2 aliphatic heterocycles. The van der Waals surface area contributed by atoms with Crippen LogP contribution >= 0.6 is 0 Å². The Morgan fingerprint density at radius 3 is 2.54 bits per heavy atom. The topological polar surface area (TPSA) is 132 Å². The van der Waals surface area contributed by atoms with Crippen LogP contribution in [0.4, 0.5) is 0 Å². The van der Waals surface area contributed by atoms with Crippen LogP contribution < -0.4 is 4.74 Å². The molecule has 0 aromatic heterocycles. The normalized spacial score (nSPS) is 28.5. The van der Waals surface area contributed by atoms with Gasteiger partial charge in [-0.05, 0) is 51.1 Å². The molecule has 4 aliphatic rings. The molecule has 2 aliphatic carbocycles. The Hall–Kier alpha value is -3.89. The van der Waals surface area contributed by atoms with Gasteiger partial charge < -0.3 is 34.1 Å². The van der Waals surface area contributed by atoms with Crippen molar-refractivity contribution in [1.82, 2.24) is 4.90 Å². The second-order valence-electron chi connectivity index (χ2n) is 11.0. The summed E-state index contributed by atoms with van der Waals surface area (Å²) < 4.78 is 22.6. The molecule has 218 valence electrons. The van der Waals surface area contributed by atoms with Crippen molar-refractivity contribution in [2.24, 2.45) is 0 Å². The lowest BCUT2D eigenvalue weighted by Gasteiger charge is -2.61. The van der Waals surface area contributed by atoms with E-state index in [4.69, 9.17) is 18.9 Å². The van der Waals surface area contributed by atoms with Crippen LogP contribution in [-0.4, -0.2) is 70.5 Å². The Morgan fingerprint density at radius 1 is 1.10 bits per heavy atom. The number of carbonyl (C=O) groups excluding carboxylic acids is 3. The Balaban J connectivity index is 0.00000337. The second-order valence-corrected chi connectivity index (χ2v) is 11.0. The van der Waals surface area contributed by atoms with Gasteiger partial charge in [0.15, 0.2) is 23.7 Å². The average Bonchev–Trinajstić information content (AvgIpc) is 3.29. The summed E-state index contributed by atoms with van der Waals surface area (Å²) in [5, 5.41) is 22.9. The maximum atomic E-state index is 13.2. The van der Waals surface area contributed by atoms with Crippen LogP contribution in [0.1, 0.15) is 56.9 Å². The van der Waals surface area contributed by atoms with Gasteiger partial charge in [-0.1, -0.05) is 43.8 Å². The Labute approximate surface area is 238 Å². The van der Waals surface area contributed by atoms with Crippen molar-refractivity contribution in [3.05, 3.63) is 71.0 Å². The molecule has 2 aromatic carbocycles. The fourth-order valence-corrected chi connectivity index (χ4v) is 6.97. The van der Waals surface area contributed by atoms with Gasteiger partial charge in [-0.3, -0.25) is 4.79 Å². The lowest BCUT2D eigenvalue weighted by molar-refractivity contribution is -0.180. The molecule has 1 fully saturated rings. The van der Waals surface area contributed by atoms with Crippen molar-refractivity contribution in [3.8, 4) is 11.5 Å². The number of likely N-dealkylation sites (N-methyl/N-ethyl adjacent to an activating group) is 1. The third-order valence-electron chi connectivity index (χ3n) is 8.80. The Kier molecular flexibility index (Phi) is 7.11. The highest BCUT2D eigenvalue weighted by Crippen LogP contribution is 2.65. The molecule has 2 aromatic rings. The van der Waals surface area contributed by atoms with E-state index in [1.54, 1.807) is 42.5 Å². The van der Waals surface area contributed by atoms with Crippen LogP contribution in [-0.2, 0) is 40.4 Å². The summed E-state index contributed by atoms with van der Waals surface area (Å²) in [6, 6.07) is 11.6. The summed E-state index contributed by atoms with van der Waals surface area (Å²) >= 11 is 0. The Morgan fingerprint density at radius 2 is 1.83 bits per heavy atom. The van der Waals surface area contributed by atoms with E-state index in [1.165, 1.54) is 13.8 Å². The molecule has 41 heavy (non-hydrogen) atoms. The van der Waals surface area contributed by atoms with Crippen LogP contribution in [0.3, 0.4) is 0 Å². The number of hydrogen-bond acceptors (Lipinski definition) is 10. The van der Waals surface area contributed by atoms with Crippen molar-refractivity contribution in [3.63, 3.8) is 0 Å². The molecule has 6 rings (SSSR count). The van der Waals surface area contributed by atoms with Gasteiger partial charge in [0.2, 0.25) is 6.10 Å². The van der Waals surface area contributed by atoms with Gasteiger partial charge in [-0.15, -0.1) is 0 Å². The fourth-order valence-electron chi connectivity index (χ4n) is 6.97. The smallest absolute Gasteiger partial charge is 0.353 e. The van der Waals surface area contributed by atoms with Crippen LogP contribution in [0, 0.1) is 0 Å². The van der Waals surface area contributed by atoms with Gasteiger partial charge in [0.25, 0.3) is 0 Å². The molecule has 2 N–H and O–H groups in total. The summed E-state index contributed by atoms with van der Waals surface area (Å²) in [5.74, 6) is -1.97. The van der Waals surface area contributed by atoms with Gasteiger partial charge in [-0.25, -0.2) is 9.59 Å². The van der Waals surface area contributed by atoms with E-state index in [-0.39, 0.29) is 31.4 Å². The van der Waals surface area contributed by atoms with Crippen molar-refractivity contribution in [2.75, 3.05) is 13.6 Å². The fraction of sp³-hybridized carbons (Fsp3) is 0.452. The van der Waals surface area contributed by atoms with E-state index >= 15 is 0 Å². The molecule has 10 nitrogen and oxygen atoms in total. The number of phenolic OH excluding ortho intramolecular Hbond substituents is 1. The number of phenols is 1. The largest absolute Gasteiger partial charge is 0.504 e. The zero-order valence-electron chi connectivity index (χ0n) is 22.5. The number of hydrogen-bond donors (Lipinski definition) is 2. The SMILES string of the molecule is C.CC(=O)O[C@H](C(=O)O[C@@H](C)C(=O)OC1=CC[C@@]2(O)[C@H]3Cc4ccc(O)c5c4[C@@]2(CCN3C)[C@H]1O5)c1ccccc1. The number of aromatic hydroxyl groups is 1. The first kappa shape index (κ1) is 28.6. The summed E-state index contributed by atoms with van der Waals surface area (Å²) in [7, 11) is 1.99. The van der Waals surface area contributed by atoms with E-state index in [9.17, 15) is 24.6 Å².